The Kier molecular flexibility index (Phi) is 3.25. The van der Waals surface area contributed by atoms with Crippen molar-refractivity contribution in [2.75, 3.05) is 6.61 Å². The summed E-state index contributed by atoms with van der Waals surface area (Å²) in [6.07, 6.45) is -0.966. The smallest absolute Gasteiger partial charge is 0.164 e. The summed E-state index contributed by atoms with van der Waals surface area (Å²) in [5.74, 6) is -1.30. The van der Waals surface area contributed by atoms with Gasteiger partial charge in [-0.3, -0.25) is 0 Å². The molecule has 100 valence electrons. The number of hydrogen-bond donors (Lipinski definition) is 1. The minimum Gasteiger partial charge on any atom is -0.394 e. The molecule has 17 heavy (non-hydrogen) atoms. The predicted molar refractivity (Wildman–Crippen MR) is 60.4 cm³/mol. The zero-order valence-corrected chi connectivity index (χ0v) is 11.1. The van der Waals surface area contributed by atoms with Crippen LogP contribution in [0.1, 0.15) is 34.6 Å². The van der Waals surface area contributed by atoms with Gasteiger partial charge in [0, 0.05) is 0 Å². The highest BCUT2D eigenvalue weighted by Gasteiger charge is 2.52. The van der Waals surface area contributed by atoms with E-state index in [1.54, 1.807) is 0 Å². The number of ether oxygens (including phenoxy) is 4. The summed E-state index contributed by atoms with van der Waals surface area (Å²) in [6.45, 7) is 9.28. The van der Waals surface area contributed by atoms with Gasteiger partial charge in [-0.05, 0) is 34.6 Å². The molecule has 2 rings (SSSR count). The zero-order valence-electron chi connectivity index (χ0n) is 11.1. The fourth-order valence-electron chi connectivity index (χ4n) is 2.58. The van der Waals surface area contributed by atoms with Crippen molar-refractivity contribution in [2.45, 2.75) is 70.6 Å². The van der Waals surface area contributed by atoms with Crippen molar-refractivity contribution in [3.05, 3.63) is 0 Å². The summed E-state index contributed by atoms with van der Waals surface area (Å²) < 4.78 is 23.0. The Morgan fingerprint density at radius 1 is 0.882 bits per heavy atom. The monoisotopic (exact) mass is 246 g/mol. The Labute approximate surface area is 102 Å². The lowest BCUT2D eigenvalue weighted by molar-refractivity contribution is -0.175. The summed E-state index contributed by atoms with van der Waals surface area (Å²) in [5.41, 5.74) is 0. The average molecular weight is 246 g/mol. The summed E-state index contributed by atoms with van der Waals surface area (Å²) in [6, 6.07) is 0. The first kappa shape index (κ1) is 13.2. The molecule has 5 heteroatoms. The SMILES string of the molecule is C[C@@H]1OC(C)(C)O[C@H]1[C@@H]1OC(C)(C)O[C@@H]1CO. The second-order valence-corrected chi connectivity index (χ2v) is 5.63. The Morgan fingerprint density at radius 2 is 1.41 bits per heavy atom. The van der Waals surface area contributed by atoms with Gasteiger partial charge in [-0.25, -0.2) is 0 Å². The van der Waals surface area contributed by atoms with Crippen LogP contribution >= 0.6 is 0 Å². The molecule has 2 fully saturated rings. The van der Waals surface area contributed by atoms with Gasteiger partial charge in [0.2, 0.25) is 0 Å². The Balaban J connectivity index is 2.12. The van der Waals surface area contributed by atoms with Crippen LogP contribution in [-0.2, 0) is 18.9 Å². The van der Waals surface area contributed by atoms with Crippen molar-refractivity contribution < 1.29 is 24.1 Å². The Morgan fingerprint density at radius 3 is 1.88 bits per heavy atom. The summed E-state index contributed by atoms with van der Waals surface area (Å²) in [7, 11) is 0. The van der Waals surface area contributed by atoms with E-state index in [2.05, 4.69) is 0 Å². The maximum Gasteiger partial charge on any atom is 0.164 e. The number of aliphatic hydroxyl groups is 1. The second-order valence-electron chi connectivity index (χ2n) is 5.63. The lowest BCUT2D eigenvalue weighted by atomic mass is 10.0. The Bertz CT molecular complexity index is 289. The maximum absolute atomic E-state index is 9.34. The second kappa shape index (κ2) is 4.17. The largest absolute Gasteiger partial charge is 0.394 e. The van der Waals surface area contributed by atoms with Gasteiger partial charge in [0.1, 0.15) is 18.3 Å². The molecule has 1 N–H and O–H groups in total. The molecule has 0 radical (unpaired) electrons. The van der Waals surface area contributed by atoms with Gasteiger partial charge in [0.25, 0.3) is 0 Å². The predicted octanol–water partition coefficient (Wildman–Crippen LogP) is 1.04. The first-order chi connectivity index (χ1) is 7.74. The van der Waals surface area contributed by atoms with Crippen LogP contribution in [-0.4, -0.2) is 47.7 Å². The van der Waals surface area contributed by atoms with Crippen molar-refractivity contribution in [1.29, 1.82) is 0 Å². The van der Waals surface area contributed by atoms with E-state index in [1.807, 2.05) is 34.6 Å². The number of hydrogen-bond acceptors (Lipinski definition) is 5. The number of aliphatic hydroxyl groups excluding tert-OH is 1. The molecule has 0 aromatic heterocycles. The standard InChI is InChI=1S/C12H22O5/c1-7-9(16-11(2,3)14-7)10-8(6-13)15-12(4,5)17-10/h7-10,13H,6H2,1-5H3/t7-,8+,9+,10+/m0/s1. The van der Waals surface area contributed by atoms with Crippen LogP contribution in [0, 0.1) is 0 Å². The minimum atomic E-state index is -0.687. The molecule has 4 atom stereocenters. The molecule has 0 amide bonds. The third-order valence-electron chi connectivity index (χ3n) is 3.08. The normalized spacial score (nSPS) is 44.1. The third-order valence-corrected chi connectivity index (χ3v) is 3.08. The molecule has 0 aromatic carbocycles. The zero-order chi connectivity index (χ0) is 12.8. The fraction of sp³-hybridized carbons (Fsp3) is 1.00. The first-order valence-electron chi connectivity index (χ1n) is 6.06. The van der Waals surface area contributed by atoms with E-state index in [1.165, 1.54) is 0 Å². The highest BCUT2D eigenvalue weighted by molar-refractivity contribution is 4.93. The molecule has 0 aromatic rings. The molecule has 0 aliphatic carbocycles. The van der Waals surface area contributed by atoms with E-state index in [9.17, 15) is 5.11 Å². The van der Waals surface area contributed by atoms with Gasteiger partial charge in [0.15, 0.2) is 11.6 Å². The van der Waals surface area contributed by atoms with Crippen molar-refractivity contribution in [2.24, 2.45) is 0 Å². The maximum atomic E-state index is 9.34. The molecule has 2 heterocycles. The third kappa shape index (κ3) is 2.63. The summed E-state index contributed by atoms with van der Waals surface area (Å²) in [4.78, 5) is 0. The van der Waals surface area contributed by atoms with Crippen LogP contribution in [0.15, 0.2) is 0 Å². The van der Waals surface area contributed by atoms with Crippen LogP contribution in [0.3, 0.4) is 0 Å². The fourth-order valence-corrected chi connectivity index (χ4v) is 2.58. The minimum absolute atomic E-state index is 0.0819. The van der Waals surface area contributed by atoms with Crippen molar-refractivity contribution in [3.63, 3.8) is 0 Å². The van der Waals surface area contributed by atoms with Crippen LogP contribution in [0.2, 0.25) is 0 Å². The van der Waals surface area contributed by atoms with Crippen molar-refractivity contribution >= 4 is 0 Å². The van der Waals surface area contributed by atoms with Crippen LogP contribution in [0.25, 0.3) is 0 Å². The van der Waals surface area contributed by atoms with Crippen molar-refractivity contribution in [1.82, 2.24) is 0 Å². The van der Waals surface area contributed by atoms with Gasteiger partial charge < -0.3 is 24.1 Å². The first-order valence-corrected chi connectivity index (χ1v) is 6.06. The van der Waals surface area contributed by atoms with Gasteiger partial charge >= 0.3 is 0 Å². The molecular weight excluding hydrogens is 224 g/mol. The lowest BCUT2D eigenvalue weighted by Gasteiger charge is -2.24. The average Bonchev–Trinajstić information content (AvgIpc) is 2.62. The van der Waals surface area contributed by atoms with Gasteiger partial charge in [0.05, 0.1) is 12.7 Å². The van der Waals surface area contributed by atoms with Crippen LogP contribution in [0.4, 0.5) is 0 Å². The molecule has 2 saturated heterocycles. The molecule has 5 nitrogen and oxygen atoms in total. The van der Waals surface area contributed by atoms with Gasteiger partial charge in [-0.1, -0.05) is 0 Å². The van der Waals surface area contributed by atoms with E-state index in [0.717, 1.165) is 0 Å². The Hall–Kier alpha value is -0.200. The molecular formula is C12H22O5. The molecule has 0 bridgehead atoms. The number of rotatable bonds is 2. The van der Waals surface area contributed by atoms with E-state index >= 15 is 0 Å². The quantitative estimate of drug-likeness (QED) is 0.789. The van der Waals surface area contributed by atoms with Gasteiger partial charge in [-0.2, -0.15) is 0 Å². The molecule has 0 unspecified atom stereocenters. The van der Waals surface area contributed by atoms with Crippen LogP contribution in [0.5, 0.6) is 0 Å². The van der Waals surface area contributed by atoms with Crippen LogP contribution < -0.4 is 0 Å². The summed E-state index contributed by atoms with van der Waals surface area (Å²) >= 11 is 0. The molecule has 2 aliphatic heterocycles. The molecule has 0 spiro atoms. The highest BCUT2D eigenvalue weighted by atomic mass is 16.8. The summed E-state index contributed by atoms with van der Waals surface area (Å²) in [5, 5.41) is 9.34. The van der Waals surface area contributed by atoms with Gasteiger partial charge in [-0.15, -0.1) is 0 Å². The van der Waals surface area contributed by atoms with Crippen molar-refractivity contribution in [3.8, 4) is 0 Å². The van der Waals surface area contributed by atoms with E-state index in [4.69, 9.17) is 18.9 Å². The van der Waals surface area contributed by atoms with E-state index < -0.39 is 11.6 Å². The van der Waals surface area contributed by atoms with E-state index in [-0.39, 0.29) is 31.0 Å². The van der Waals surface area contributed by atoms with E-state index in [0.29, 0.717) is 0 Å². The molecule has 0 saturated carbocycles. The lowest BCUT2D eigenvalue weighted by Crippen LogP contribution is -2.42. The molecule has 2 aliphatic rings. The highest BCUT2D eigenvalue weighted by Crippen LogP contribution is 2.37. The topological polar surface area (TPSA) is 57.2 Å².